The third-order valence-electron chi connectivity index (χ3n) is 3.65. The van der Waals surface area contributed by atoms with E-state index in [0.29, 0.717) is 19.0 Å². The van der Waals surface area contributed by atoms with E-state index in [0.717, 1.165) is 25.1 Å². The molecule has 0 spiro atoms. The van der Waals surface area contributed by atoms with Crippen molar-refractivity contribution < 1.29 is 8.42 Å². The highest BCUT2D eigenvalue weighted by Crippen LogP contribution is 2.29. The molecule has 5 nitrogen and oxygen atoms in total. The zero-order chi connectivity index (χ0) is 14.0. The molecule has 1 aromatic heterocycles. The number of halogens is 1. The minimum absolute atomic E-state index is 0.0934. The van der Waals surface area contributed by atoms with E-state index in [2.05, 4.69) is 4.98 Å². The van der Waals surface area contributed by atoms with Crippen LogP contribution in [0.25, 0.3) is 0 Å². The van der Waals surface area contributed by atoms with E-state index >= 15 is 0 Å². The van der Waals surface area contributed by atoms with Crippen molar-refractivity contribution in [1.29, 1.82) is 0 Å². The fourth-order valence-electron chi connectivity index (χ4n) is 2.30. The second-order valence-corrected chi connectivity index (χ2v) is 7.02. The van der Waals surface area contributed by atoms with Gasteiger partial charge in [0, 0.05) is 31.2 Å². The van der Waals surface area contributed by atoms with E-state index < -0.39 is 10.0 Å². The number of sulfonamides is 1. The fourth-order valence-corrected chi connectivity index (χ4v) is 4.27. The Labute approximate surface area is 119 Å². The summed E-state index contributed by atoms with van der Waals surface area (Å²) in [5.74, 6) is 1.03. The van der Waals surface area contributed by atoms with Gasteiger partial charge in [-0.2, -0.15) is 4.31 Å². The predicted molar refractivity (Wildman–Crippen MR) is 74.9 cm³/mol. The summed E-state index contributed by atoms with van der Waals surface area (Å²) < 4.78 is 28.6. The van der Waals surface area contributed by atoms with Crippen LogP contribution >= 0.6 is 11.6 Å². The van der Waals surface area contributed by atoms with Crippen molar-refractivity contribution in [3.63, 3.8) is 0 Å². The molecule has 0 unspecified atom stereocenters. The highest BCUT2D eigenvalue weighted by atomic mass is 35.5. The summed E-state index contributed by atoms with van der Waals surface area (Å²) in [6, 6.07) is 0.0934. The van der Waals surface area contributed by atoms with Gasteiger partial charge in [-0.15, -0.1) is 11.6 Å². The topological polar surface area (TPSA) is 55.2 Å². The number of hydrogen-bond donors (Lipinski definition) is 0. The zero-order valence-electron chi connectivity index (χ0n) is 11.3. The molecule has 0 amide bonds. The molecule has 0 aliphatic heterocycles. The Morgan fingerprint density at radius 1 is 1.53 bits per heavy atom. The van der Waals surface area contributed by atoms with Crippen LogP contribution in [0.5, 0.6) is 0 Å². The highest BCUT2D eigenvalue weighted by Gasteiger charge is 2.35. The fraction of sp³-hybridized carbons (Fsp3) is 0.750. The quantitative estimate of drug-likeness (QED) is 0.755. The Balaban J connectivity index is 2.32. The van der Waals surface area contributed by atoms with E-state index in [9.17, 15) is 8.42 Å². The van der Waals surface area contributed by atoms with E-state index in [1.54, 1.807) is 6.20 Å². The van der Waals surface area contributed by atoms with Gasteiger partial charge < -0.3 is 4.57 Å². The maximum Gasteiger partial charge on any atom is 0.262 e. The predicted octanol–water partition coefficient (Wildman–Crippen LogP) is 1.99. The van der Waals surface area contributed by atoms with Crippen molar-refractivity contribution in [2.45, 2.75) is 50.7 Å². The first-order valence-corrected chi connectivity index (χ1v) is 8.59. The van der Waals surface area contributed by atoms with Crippen molar-refractivity contribution in [1.82, 2.24) is 13.9 Å². The number of hydrogen-bond acceptors (Lipinski definition) is 3. The molecule has 1 fully saturated rings. The van der Waals surface area contributed by atoms with E-state index in [-0.39, 0.29) is 11.1 Å². The van der Waals surface area contributed by atoms with Gasteiger partial charge in [0.05, 0.1) is 0 Å². The molecular weight excluding hydrogens is 286 g/mol. The summed E-state index contributed by atoms with van der Waals surface area (Å²) in [4.78, 5) is 4.19. The Morgan fingerprint density at radius 3 is 2.63 bits per heavy atom. The molecule has 2 rings (SSSR count). The molecule has 1 aromatic rings. The van der Waals surface area contributed by atoms with Crippen LogP contribution in [-0.4, -0.2) is 40.7 Å². The Kier molecular flexibility index (Phi) is 4.53. The van der Waals surface area contributed by atoms with E-state index in [4.69, 9.17) is 11.6 Å². The lowest BCUT2D eigenvalue weighted by atomic mass is 9.93. The average molecular weight is 306 g/mol. The Morgan fingerprint density at radius 2 is 2.21 bits per heavy atom. The minimum atomic E-state index is -3.52. The molecule has 0 N–H and O–H groups in total. The lowest BCUT2D eigenvalue weighted by Crippen LogP contribution is -2.45. The maximum atomic E-state index is 12.6. The number of alkyl halides is 1. The lowest BCUT2D eigenvalue weighted by Gasteiger charge is -2.35. The van der Waals surface area contributed by atoms with Crippen LogP contribution in [0.2, 0.25) is 0 Å². The molecule has 1 aliphatic carbocycles. The summed E-state index contributed by atoms with van der Waals surface area (Å²) in [6.07, 6.45) is 4.54. The molecule has 1 aliphatic rings. The van der Waals surface area contributed by atoms with Crippen LogP contribution in [0.4, 0.5) is 0 Å². The van der Waals surface area contributed by atoms with Gasteiger partial charge >= 0.3 is 0 Å². The molecular formula is C12H20ClN3O2S. The van der Waals surface area contributed by atoms with Gasteiger partial charge in [-0.3, -0.25) is 0 Å². The van der Waals surface area contributed by atoms with Crippen molar-refractivity contribution >= 4 is 21.6 Å². The van der Waals surface area contributed by atoms with Gasteiger partial charge in [0.25, 0.3) is 10.0 Å². The first-order valence-electron chi connectivity index (χ1n) is 6.62. The van der Waals surface area contributed by atoms with Crippen molar-refractivity contribution in [3.8, 4) is 0 Å². The third-order valence-corrected chi connectivity index (χ3v) is 5.65. The number of rotatable bonds is 6. The first-order chi connectivity index (χ1) is 9.00. The summed E-state index contributed by atoms with van der Waals surface area (Å²) in [5, 5.41) is 0.142. The van der Waals surface area contributed by atoms with Crippen molar-refractivity contribution in [3.05, 3.63) is 12.0 Å². The van der Waals surface area contributed by atoms with Gasteiger partial charge in [-0.25, -0.2) is 13.4 Å². The minimum Gasteiger partial charge on any atom is -0.334 e. The second kappa shape index (κ2) is 5.81. The molecule has 19 heavy (non-hydrogen) atoms. The second-order valence-electron chi connectivity index (χ2n) is 4.80. The number of imidazole rings is 1. The summed E-state index contributed by atoms with van der Waals surface area (Å²) in [6.45, 7) is 4.85. The van der Waals surface area contributed by atoms with Crippen LogP contribution in [0.3, 0.4) is 0 Å². The van der Waals surface area contributed by atoms with Crippen molar-refractivity contribution in [2.24, 2.45) is 0 Å². The van der Waals surface area contributed by atoms with Gasteiger partial charge in [0.15, 0.2) is 5.03 Å². The average Bonchev–Trinajstić information content (AvgIpc) is 2.68. The van der Waals surface area contributed by atoms with Gasteiger partial charge in [0.1, 0.15) is 5.82 Å². The largest absolute Gasteiger partial charge is 0.334 e. The van der Waals surface area contributed by atoms with Gasteiger partial charge in [0.2, 0.25) is 0 Å². The maximum absolute atomic E-state index is 12.6. The van der Waals surface area contributed by atoms with E-state index in [1.807, 2.05) is 18.4 Å². The van der Waals surface area contributed by atoms with Crippen LogP contribution in [0.1, 0.15) is 32.0 Å². The molecule has 1 saturated carbocycles. The highest BCUT2D eigenvalue weighted by molar-refractivity contribution is 7.89. The molecule has 0 bridgehead atoms. The number of aromatic nitrogens is 2. The number of aryl methyl sites for hydroxylation is 2. The summed E-state index contributed by atoms with van der Waals surface area (Å²) in [7, 11) is -3.52. The summed E-state index contributed by atoms with van der Waals surface area (Å²) >= 11 is 5.75. The molecule has 0 atom stereocenters. The summed E-state index contributed by atoms with van der Waals surface area (Å²) in [5.41, 5.74) is 0. The Hall–Kier alpha value is -0.590. The van der Waals surface area contributed by atoms with Crippen LogP contribution in [0, 0.1) is 6.92 Å². The van der Waals surface area contributed by atoms with Crippen LogP contribution in [-0.2, 0) is 16.6 Å². The van der Waals surface area contributed by atoms with Crippen LogP contribution in [0.15, 0.2) is 11.2 Å². The zero-order valence-corrected chi connectivity index (χ0v) is 12.9. The molecule has 1 heterocycles. The smallest absolute Gasteiger partial charge is 0.262 e. The third kappa shape index (κ3) is 2.80. The SMILES string of the molecule is CCn1cc(S(=O)(=O)N(CCCl)C2CCC2)nc1C. The Bertz CT molecular complexity index is 537. The lowest BCUT2D eigenvalue weighted by molar-refractivity contribution is 0.227. The molecule has 0 saturated heterocycles. The first kappa shape index (κ1) is 14.8. The molecule has 0 radical (unpaired) electrons. The van der Waals surface area contributed by atoms with Gasteiger partial charge in [-0.1, -0.05) is 6.42 Å². The standard InChI is InChI=1S/C12H20ClN3O2S/c1-3-15-9-12(14-10(15)2)19(17,18)16(8-7-13)11-5-4-6-11/h9,11H,3-8H2,1-2H3. The monoisotopic (exact) mass is 305 g/mol. The normalized spacial score (nSPS) is 16.8. The molecule has 0 aromatic carbocycles. The van der Waals surface area contributed by atoms with Gasteiger partial charge in [-0.05, 0) is 26.7 Å². The number of nitrogens with zero attached hydrogens (tertiary/aromatic N) is 3. The molecule has 7 heteroatoms. The van der Waals surface area contributed by atoms with E-state index in [1.165, 1.54) is 4.31 Å². The van der Waals surface area contributed by atoms with Crippen LogP contribution < -0.4 is 0 Å². The van der Waals surface area contributed by atoms with Crippen molar-refractivity contribution in [2.75, 3.05) is 12.4 Å². The molecule has 108 valence electrons.